The molecule has 0 radical (unpaired) electrons. The van der Waals surface area contributed by atoms with Crippen LogP contribution in [0.1, 0.15) is 29.4 Å². The number of rotatable bonds is 6. The van der Waals surface area contributed by atoms with Crippen LogP contribution in [-0.4, -0.2) is 55.4 Å². The quantitative estimate of drug-likeness (QED) is 0.749. The highest BCUT2D eigenvalue weighted by Gasteiger charge is 2.45. The van der Waals surface area contributed by atoms with E-state index in [2.05, 4.69) is 6.58 Å². The first-order valence-corrected chi connectivity index (χ1v) is 8.99. The first-order valence-electron chi connectivity index (χ1n) is 8.11. The van der Waals surface area contributed by atoms with Crippen LogP contribution in [0.15, 0.2) is 24.1 Å². The normalized spacial score (nSPS) is 26.8. The molecule has 1 aromatic rings. The second kappa shape index (κ2) is 7.47. The zero-order valence-electron chi connectivity index (χ0n) is 13.4. The second-order valence-electron chi connectivity index (χ2n) is 5.69. The van der Waals surface area contributed by atoms with E-state index in [0.29, 0.717) is 37.0 Å². The number of nitrogens with zero attached hydrogens (tertiary/aromatic N) is 1. The van der Waals surface area contributed by atoms with Gasteiger partial charge in [0.1, 0.15) is 16.7 Å². The molecular formula is C17H23NO4S. The lowest BCUT2D eigenvalue weighted by Gasteiger charge is -2.38. The molecule has 3 atom stereocenters. The lowest BCUT2D eigenvalue weighted by molar-refractivity contribution is -0.100. The highest BCUT2D eigenvalue weighted by atomic mass is 32.1. The molecule has 1 amide bonds. The van der Waals surface area contributed by atoms with Gasteiger partial charge in [-0.15, -0.1) is 17.9 Å². The highest BCUT2D eigenvalue weighted by molar-refractivity contribution is 7.12. The predicted molar refractivity (Wildman–Crippen MR) is 89.2 cm³/mol. The van der Waals surface area contributed by atoms with E-state index in [1.807, 2.05) is 23.3 Å². The van der Waals surface area contributed by atoms with Crippen molar-refractivity contribution in [2.45, 2.75) is 38.0 Å². The number of amides is 1. The van der Waals surface area contributed by atoms with Gasteiger partial charge in [0.05, 0.1) is 32.0 Å². The Labute approximate surface area is 140 Å². The average Bonchev–Trinajstić information content (AvgIpc) is 3.19. The van der Waals surface area contributed by atoms with Crippen molar-refractivity contribution in [3.8, 4) is 5.75 Å². The van der Waals surface area contributed by atoms with Crippen molar-refractivity contribution < 1.29 is 19.0 Å². The molecule has 5 nitrogen and oxygen atoms in total. The molecular weight excluding hydrogens is 314 g/mol. The van der Waals surface area contributed by atoms with E-state index in [0.717, 1.165) is 12.8 Å². The topological polar surface area (TPSA) is 48.0 Å². The number of hydrogen-bond acceptors (Lipinski definition) is 5. The standard InChI is InChI=1S/C17H23NO4S/c1-3-9-21-13-6-5-12-15(13)22-10-8-18(12)17(19)16-14(20-4-2)7-11-23-16/h3,7,11-13,15H,1,4-6,8-10H2,2H3/t12-,13-,15-/m1/s1. The molecule has 2 fully saturated rings. The Bertz CT molecular complexity index is 559. The SMILES string of the molecule is C=CCO[C@@H]1CC[C@@H]2[C@H]1OCCN2C(=O)c1sccc1OCC. The Morgan fingerprint density at radius 1 is 1.57 bits per heavy atom. The summed E-state index contributed by atoms with van der Waals surface area (Å²) in [5, 5.41) is 1.90. The van der Waals surface area contributed by atoms with E-state index in [1.165, 1.54) is 11.3 Å². The Morgan fingerprint density at radius 2 is 2.43 bits per heavy atom. The van der Waals surface area contributed by atoms with Crippen molar-refractivity contribution in [3.05, 3.63) is 29.0 Å². The predicted octanol–water partition coefficient (Wildman–Crippen LogP) is 2.72. The van der Waals surface area contributed by atoms with E-state index >= 15 is 0 Å². The van der Waals surface area contributed by atoms with Crippen LogP contribution in [0.5, 0.6) is 5.75 Å². The first-order chi connectivity index (χ1) is 11.3. The van der Waals surface area contributed by atoms with Crippen LogP contribution < -0.4 is 4.74 Å². The third kappa shape index (κ3) is 3.29. The van der Waals surface area contributed by atoms with E-state index in [-0.39, 0.29) is 24.2 Å². The summed E-state index contributed by atoms with van der Waals surface area (Å²) < 4.78 is 17.3. The van der Waals surface area contributed by atoms with Crippen molar-refractivity contribution in [3.63, 3.8) is 0 Å². The molecule has 1 aromatic heterocycles. The molecule has 0 spiro atoms. The fourth-order valence-corrected chi connectivity index (χ4v) is 4.18. The van der Waals surface area contributed by atoms with E-state index < -0.39 is 0 Å². The molecule has 6 heteroatoms. The molecule has 3 rings (SSSR count). The number of thiophene rings is 1. The van der Waals surface area contributed by atoms with Crippen molar-refractivity contribution >= 4 is 17.2 Å². The van der Waals surface area contributed by atoms with Crippen LogP contribution in [0.2, 0.25) is 0 Å². The summed E-state index contributed by atoms with van der Waals surface area (Å²) in [6.45, 7) is 7.86. The monoisotopic (exact) mass is 337 g/mol. The smallest absolute Gasteiger partial charge is 0.268 e. The van der Waals surface area contributed by atoms with Gasteiger partial charge in [0.15, 0.2) is 0 Å². The molecule has 2 heterocycles. The van der Waals surface area contributed by atoms with Gasteiger partial charge >= 0.3 is 0 Å². The Kier molecular flexibility index (Phi) is 5.35. The molecule has 0 unspecified atom stereocenters. The zero-order chi connectivity index (χ0) is 16.2. The molecule has 0 bridgehead atoms. The van der Waals surface area contributed by atoms with Crippen molar-refractivity contribution in [2.75, 3.05) is 26.4 Å². The fourth-order valence-electron chi connectivity index (χ4n) is 3.39. The summed E-state index contributed by atoms with van der Waals surface area (Å²) in [4.78, 5) is 15.6. The number of fused-ring (bicyclic) bond motifs is 1. The minimum absolute atomic E-state index is 0.0387. The van der Waals surface area contributed by atoms with E-state index in [9.17, 15) is 4.79 Å². The summed E-state index contributed by atoms with van der Waals surface area (Å²) in [6, 6.07) is 1.95. The van der Waals surface area contributed by atoms with Crippen molar-refractivity contribution in [2.24, 2.45) is 0 Å². The molecule has 23 heavy (non-hydrogen) atoms. The Hall–Kier alpha value is -1.37. The molecule has 1 aliphatic carbocycles. The highest BCUT2D eigenvalue weighted by Crippen LogP contribution is 2.35. The summed E-state index contributed by atoms with van der Waals surface area (Å²) in [6.07, 6.45) is 3.58. The van der Waals surface area contributed by atoms with Gasteiger partial charge in [-0.3, -0.25) is 4.79 Å². The van der Waals surface area contributed by atoms with Gasteiger partial charge in [0.25, 0.3) is 5.91 Å². The average molecular weight is 337 g/mol. The maximum absolute atomic E-state index is 13.0. The van der Waals surface area contributed by atoms with Gasteiger partial charge in [-0.1, -0.05) is 6.08 Å². The third-order valence-corrected chi connectivity index (χ3v) is 5.23. The summed E-state index contributed by atoms with van der Waals surface area (Å²) in [5.41, 5.74) is 0. The van der Waals surface area contributed by atoms with Gasteiger partial charge in [0, 0.05) is 6.54 Å². The lowest BCUT2D eigenvalue weighted by atomic mass is 10.1. The minimum Gasteiger partial charge on any atom is -0.492 e. The van der Waals surface area contributed by atoms with Crippen LogP contribution >= 0.6 is 11.3 Å². The molecule has 1 aliphatic heterocycles. The van der Waals surface area contributed by atoms with Crippen LogP contribution in [0, 0.1) is 0 Å². The number of hydrogen-bond donors (Lipinski definition) is 0. The van der Waals surface area contributed by atoms with Gasteiger partial charge in [0.2, 0.25) is 0 Å². The van der Waals surface area contributed by atoms with Crippen LogP contribution in [0.4, 0.5) is 0 Å². The second-order valence-corrected chi connectivity index (χ2v) is 6.60. The van der Waals surface area contributed by atoms with Gasteiger partial charge in [-0.2, -0.15) is 0 Å². The molecule has 1 saturated carbocycles. The first kappa shape index (κ1) is 16.5. The largest absolute Gasteiger partial charge is 0.492 e. The van der Waals surface area contributed by atoms with Crippen LogP contribution in [-0.2, 0) is 9.47 Å². The van der Waals surface area contributed by atoms with Crippen molar-refractivity contribution in [1.29, 1.82) is 0 Å². The van der Waals surface area contributed by atoms with Gasteiger partial charge in [-0.25, -0.2) is 0 Å². The van der Waals surface area contributed by atoms with Gasteiger partial charge in [-0.05, 0) is 31.2 Å². The molecule has 2 aliphatic rings. The molecule has 1 saturated heterocycles. The number of carbonyl (C=O) groups is 1. The maximum Gasteiger partial charge on any atom is 0.268 e. The fraction of sp³-hybridized carbons (Fsp3) is 0.588. The summed E-state index contributed by atoms with van der Waals surface area (Å²) in [5.74, 6) is 0.731. The van der Waals surface area contributed by atoms with Crippen LogP contribution in [0.3, 0.4) is 0 Å². The van der Waals surface area contributed by atoms with Gasteiger partial charge < -0.3 is 19.1 Å². The number of carbonyl (C=O) groups excluding carboxylic acids is 1. The maximum atomic E-state index is 13.0. The number of morpholine rings is 1. The van der Waals surface area contributed by atoms with E-state index in [4.69, 9.17) is 14.2 Å². The Morgan fingerprint density at radius 3 is 3.22 bits per heavy atom. The molecule has 0 N–H and O–H groups in total. The Balaban J connectivity index is 1.73. The molecule has 0 aromatic carbocycles. The molecule has 126 valence electrons. The van der Waals surface area contributed by atoms with Crippen LogP contribution in [0.25, 0.3) is 0 Å². The minimum atomic E-state index is -0.0387. The van der Waals surface area contributed by atoms with Crippen molar-refractivity contribution in [1.82, 2.24) is 4.90 Å². The zero-order valence-corrected chi connectivity index (χ0v) is 14.2. The third-order valence-electron chi connectivity index (χ3n) is 4.35. The summed E-state index contributed by atoms with van der Waals surface area (Å²) in [7, 11) is 0. The summed E-state index contributed by atoms with van der Waals surface area (Å²) >= 11 is 1.44. The lowest BCUT2D eigenvalue weighted by Crippen LogP contribution is -2.53. The number of ether oxygens (including phenoxy) is 3. The van der Waals surface area contributed by atoms with E-state index in [1.54, 1.807) is 6.08 Å².